The van der Waals surface area contributed by atoms with Crippen LogP contribution >= 0.6 is 0 Å². The molecule has 1 atom stereocenters. The van der Waals surface area contributed by atoms with E-state index < -0.39 is 21.6 Å². The second-order valence-electron chi connectivity index (χ2n) is 9.67. The second-order valence-corrected chi connectivity index (χ2v) is 11.7. The van der Waals surface area contributed by atoms with Crippen molar-refractivity contribution in [2.75, 3.05) is 13.6 Å². The molecule has 0 saturated heterocycles. The zero-order chi connectivity index (χ0) is 25.5. The molecule has 34 heavy (non-hydrogen) atoms. The lowest BCUT2D eigenvalue weighted by atomic mass is 10.1. The van der Waals surface area contributed by atoms with Crippen molar-refractivity contribution in [1.29, 1.82) is 0 Å². The summed E-state index contributed by atoms with van der Waals surface area (Å²) in [5.41, 5.74) is 1.59. The molecule has 186 valence electrons. The minimum absolute atomic E-state index is 0.133. The van der Waals surface area contributed by atoms with Crippen LogP contribution in [-0.4, -0.2) is 54.6 Å². The van der Waals surface area contributed by atoms with E-state index in [1.807, 2.05) is 52.0 Å². The molecule has 0 aromatic heterocycles. The lowest BCUT2D eigenvalue weighted by Gasteiger charge is -2.31. The van der Waals surface area contributed by atoms with Crippen LogP contribution in [0.5, 0.6) is 0 Å². The summed E-state index contributed by atoms with van der Waals surface area (Å²) >= 11 is 0. The number of sulfonamides is 1. The highest BCUT2D eigenvalue weighted by atomic mass is 32.2. The zero-order valence-electron chi connectivity index (χ0n) is 21.0. The minimum Gasteiger partial charge on any atom is -0.350 e. The third-order valence-corrected chi connectivity index (χ3v) is 7.29. The molecule has 8 heteroatoms. The first-order chi connectivity index (χ1) is 15.8. The summed E-state index contributed by atoms with van der Waals surface area (Å²) < 4.78 is 26.7. The van der Waals surface area contributed by atoms with Crippen LogP contribution in [0.4, 0.5) is 0 Å². The lowest BCUT2D eigenvalue weighted by molar-refractivity contribution is -0.141. The van der Waals surface area contributed by atoms with Gasteiger partial charge in [0.25, 0.3) is 0 Å². The number of rotatable bonds is 10. The molecular weight excluding hydrogens is 450 g/mol. The van der Waals surface area contributed by atoms with Crippen molar-refractivity contribution in [3.8, 4) is 0 Å². The first-order valence-electron chi connectivity index (χ1n) is 11.5. The Hall–Kier alpha value is -2.71. The van der Waals surface area contributed by atoms with Crippen molar-refractivity contribution in [3.63, 3.8) is 0 Å². The highest BCUT2D eigenvalue weighted by Crippen LogP contribution is 2.17. The van der Waals surface area contributed by atoms with Gasteiger partial charge in [0.15, 0.2) is 0 Å². The Balaban J connectivity index is 2.10. The maximum Gasteiger partial charge on any atom is 0.242 e. The molecule has 0 spiro atoms. The molecule has 0 aliphatic rings. The number of carbonyl (C=O) groups is 2. The third kappa shape index (κ3) is 7.95. The number of aryl methyl sites for hydroxylation is 1. The summed E-state index contributed by atoms with van der Waals surface area (Å²) in [6.07, 6.45) is 0.479. The molecule has 2 aromatic rings. The summed E-state index contributed by atoms with van der Waals surface area (Å²) in [6, 6.07) is 15.4. The molecule has 2 rings (SSSR count). The van der Waals surface area contributed by atoms with E-state index >= 15 is 0 Å². The quantitative estimate of drug-likeness (QED) is 0.553. The summed E-state index contributed by atoms with van der Waals surface area (Å²) in [5, 5.41) is 2.94. The van der Waals surface area contributed by atoms with Gasteiger partial charge in [-0.25, -0.2) is 12.7 Å². The fraction of sp³-hybridized carbons (Fsp3) is 0.462. The van der Waals surface area contributed by atoms with E-state index in [2.05, 4.69) is 5.32 Å². The van der Waals surface area contributed by atoms with Gasteiger partial charge in [0.1, 0.15) is 6.04 Å². The fourth-order valence-electron chi connectivity index (χ4n) is 3.55. The molecule has 0 saturated carbocycles. The molecule has 2 aromatic carbocycles. The van der Waals surface area contributed by atoms with Crippen LogP contribution in [0.25, 0.3) is 0 Å². The number of carbonyl (C=O) groups excluding carboxylic acids is 2. The number of nitrogens with zero attached hydrogens (tertiary/aromatic N) is 2. The molecule has 0 bridgehead atoms. The van der Waals surface area contributed by atoms with E-state index in [4.69, 9.17) is 0 Å². The summed E-state index contributed by atoms with van der Waals surface area (Å²) in [6.45, 7) is 9.89. The van der Waals surface area contributed by atoms with Gasteiger partial charge in [-0.15, -0.1) is 0 Å². The van der Waals surface area contributed by atoms with Gasteiger partial charge in [0, 0.05) is 32.1 Å². The first-order valence-corrected chi connectivity index (χ1v) is 12.9. The number of benzene rings is 2. The average Bonchev–Trinajstić information content (AvgIpc) is 2.76. The number of nitrogens with one attached hydrogen (secondary N) is 1. The predicted molar refractivity (Wildman–Crippen MR) is 135 cm³/mol. The molecule has 0 heterocycles. The molecular formula is C26H37N3O4S. The van der Waals surface area contributed by atoms with E-state index in [0.717, 1.165) is 11.1 Å². The van der Waals surface area contributed by atoms with Crippen molar-refractivity contribution >= 4 is 21.8 Å². The van der Waals surface area contributed by atoms with Crippen LogP contribution in [0.2, 0.25) is 0 Å². The minimum atomic E-state index is -3.62. The zero-order valence-corrected chi connectivity index (χ0v) is 21.9. The van der Waals surface area contributed by atoms with Crippen LogP contribution in [0.3, 0.4) is 0 Å². The van der Waals surface area contributed by atoms with Crippen molar-refractivity contribution in [2.24, 2.45) is 0 Å². The summed E-state index contributed by atoms with van der Waals surface area (Å²) in [4.78, 5) is 27.9. The predicted octanol–water partition coefficient (Wildman–Crippen LogP) is 3.73. The van der Waals surface area contributed by atoms with Gasteiger partial charge < -0.3 is 10.2 Å². The van der Waals surface area contributed by atoms with E-state index in [9.17, 15) is 18.0 Å². The van der Waals surface area contributed by atoms with E-state index in [1.54, 1.807) is 42.2 Å². The average molecular weight is 488 g/mol. The Morgan fingerprint density at radius 2 is 1.68 bits per heavy atom. The Morgan fingerprint density at radius 3 is 2.26 bits per heavy atom. The molecule has 0 aliphatic carbocycles. The van der Waals surface area contributed by atoms with Crippen molar-refractivity contribution in [1.82, 2.24) is 14.5 Å². The SMILES string of the molecule is Cc1cccc(CN(C(=O)CCCN(C)S(=O)(=O)c2ccccc2)C(C)C(=O)NC(C)(C)C)c1. The Morgan fingerprint density at radius 1 is 1.03 bits per heavy atom. The van der Waals surface area contributed by atoms with Gasteiger partial charge in [-0.3, -0.25) is 9.59 Å². The van der Waals surface area contributed by atoms with Crippen LogP contribution in [0.1, 0.15) is 51.7 Å². The van der Waals surface area contributed by atoms with Crippen molar-refractivity contribution in [2.45, 2.75) is 70.5 Å². The maximum atomic E-state index is 13.2. The molecule has 0 radical (unpaired) electrons. The number of hydrogen-bond donors (Lipinski definition) is 1. The summed E-state index contributed by atoms with van der Waals surface area (Å²) in [5.74, 6) is -0.416. The van der Waals surface area contributed by atoms with Gasteiger partial charge in [-0.2, -0.15) is 0 Å². The second kappa shape index (κ2) is 11.6. The standard InChI is InChI=1S/C26H37N3O4S/c1-20-12-10-13-22(18-20)19-29(21(2)25(31)27-26(3,4)5)24(30)16-11-17-28(6)34(32,33)23-14-8-7-9-15-23/h7-10,12-15,18,21H,11,16-17,19H2,1-6H3,(H,27,31). The van der Waals surface area contributed by atoms with Crippen LogP contribution in [0.15, 0.2) is 59.5 Å². The van der Waals surface area contributed by atoms with E-state index in [-0.39, 0.29) is 29.7 Å². The van der Waals surface area contributed by atoms with Crippen molar-refractivity contribution < 1.29 is 18.0 Å². The highest BCUT2D eigenvalue weighted by molar-refractivity contribution is 7.89. The monoisotopic (exact) mass is 487 g/mol. The Bertz CT molecular complexity index is 1080. The Kier molecular flexibility index (Phi) is 9.41. The molecule has 1 N–H and O–H groups in total. The molecule has 0 fully saturated rings. The van der Waals surface area contributed by atoms with Gasteiger partial charge in [-0.1, -0.05) is 48.0 Å². The van der Waals surface area contributed by atoms with Gasteiger partial charge in [0.05, 0.1) is 4.90 Å². The first kappa shape index (κ1) is 27.5. The molecule has 2 amide bonds. The van der Waals surface area contributed by atoms with Crippen LogP contribution in [0, 0.1) is 6.92 Å². The topological polar surface area (TPSA) is 86.8 Å². The normalized spacial score (nSPS) is 12.9. The number of hydrogen-bond acceptors (Lipinski definition) is 4. The van der Waals surface area contributed by atoms with E-state index in [0.29, 0.717) is 13.0 Å². The molecule has 7 nitrogen and oxygen atoms in total. The largest absolute Gasteiger partial charge is 0.350 e. The highest BCUT2D eigenvalue weighted by Gasteiger charge is 2.28. The summed E-state index contributed by atoms with van der Waals surface area (Å²) in [7, 11) is -2.11. The molecule has 0 aliphatic heterocycles. The Labute approximate surface area is 204 Å². The molecule has 1 unspecified atom stereocenters. The third-order valence-electron chi connectivity index (χ3n) is 5.42. The smallest absolute Gasteiger partial charge is 0.242 e. The van der Waals surface area contributed by atoms with E-state index in [1.165, 1.54) is 11.4 Å². The van der Waals surface area contributed by atoms with Gasteiger partial charge in [0.2, 0.25) is 21.8 Å². The maximum absolute atomic E-state index is 13.2. The van der Waals surface area contributed by atoms with Gasteiger partial charge in [-0.05, 0) is 58.7 Å². The van der Waals surface area contributed by atoms with Crippen LogP contribution in [-0.2, 0) is 26.2 Å². The lowest BCUT2D eigenvalue weighted by Crippen LogP contribution is -2.52. The number of amides is 2. The van der Waals surface area contributed by atoms with Crippen LogP contribution < -0.4 is 5.32 Å². The van der Waals surface area contributed by atoms with Gasteiger partial charge >= 0.3 is 0 Å². The van der Waals surface area contributed by atoms with Crippen molar-refractivity contribution in [3.05, 3.63) is 65.7 Å². The fourth-order valence-corrected chi connectivity index (χ4v) is 4.78.